The summed E-state index contributed by atoms with van der Waals surface area (Å²) >= 11 is 0. The zero-order chi connectivity index (χ0) is 17.3. The monoisotopic (exact) mass is 312 g/mol. The lowest BCUT2D eigenvalue weighted by Crippen LogP contribution is -2.03. The second kappa shape index (κ2) is 6.66. The molecule has 23 heavy (non-hydrogen) atoms. The number of hydrogen-bond donors (Lipinski definition) is 2. The van der Waals surface area contributed by atoms with Crippen LogP contribution >= 0.6 is 0 Å². The zero-order valence-electron chi connectivity index (χ0n) is 15.1. The van der Waals surface area contributed by atoms with Crippen molar-refractivity contribution in [1.29, 1.82) is 0 Å². The van der Waals surface area contributed by atoms with Crippen molar-refractivity contribution in [2.75, 3.05) is 0 Å². The highest BCUT2D eigenvalue weighted by molar-refractivity contribution is 5.44. The van der Waals surface area contributed by atoms with E-state index in [0.29, 0.717) is 23.3 Å². The van der Waals surface area contributed by atoms with Crippen molar-refractivity contribution in [2.24, 2.45) is 0 Å². The summed E-state index contributed by atoms with van der Waals surface area (Å²) < 4.78 is 0. The second-order valence-electron chi connectivity index (χ2n) is 7.04. The van der Waals surface area contributed by atoms with E-state index in [1.54, 1.807) is 0 Å². The molecular formula is C21H28O2. The lowest BCUT2D eigenvalue weighted by Gasteiger charge is -2.20. The summed E-state index contributed by atoms with van der Waals surface area (Å²) in [7, 11) is 0. The van der Waals surface area contributed by atoms with Gasteiger partial charge in [-0.25, -0.2) is 0 Å². The van der Waals surface area contributed by atoms with Crippen LogP contribution in [0.4, 0.5) is 0 Å². The molecule has 0 heterocycles. The van der Waals surface area contributed by atoms with Gasteiger partial charge in [0.2, 0.25) is 0 Å². The average Bonchev–Trinajstić information content (AvgIpc) is 2.49. The zero-order valence-corrected chi connectivity index (χ0v) is 15.1. The third-order valence-electron chi connectivity index (χ3n) is 4.87. The highest BCUT2D eigenvalue weighted by Gasteiger charge is 2.16. The molecule has 0 radical (unpaired) electrons. The number of phenolic OH excluding ortho intramolecular Hbond substituents is 2. The molecule has 2 rings (SSSR count). The predicted octanol–water partition coefficient (Wildman–Crippen LogP) is 5.63. The number of phenols is 2. The molecule has 0 aliphatic carbocycles. The summed E-state index contributed by atoms with van der Waals surface area (Å²) in [5, 5.41) is 19.9. The predicted molar refractivity (Wildman–Crippen MR) is 96.6 cm³/mol. The molecule has 0 aliphatic rings. The van der Waals surface area contributed by atoms with Crippen LogP contribution in [0.15, 0.2) is 24.3 Å². The van der Waals surface area contributed by atoms with Crippen molar-refractivity contribution in [3.05, 3.63) is 57.6 Å². The van der Waals surface area contributed by atoms with Gasteiger partial charge in [0, 0.05) is 0 Å². The minimum atomic E-state index is 0.402. The van der Waals surface area contributed by atoms with E-state index in [-0.39, 0.29) is 0 Å². The molecule has 124 valence electrons. The van der Waals surface area contributed by atoms with Gasteiger partial charge in [0.25, 0.3) is 0 Å². The van der Waals surface area contributed by atoms with Crippen molar-refractivity contribution in [3.63, 3.8) is 0 Å². The summed E-state index contributed by atoms with van der Waals surface area (Å²) in [6.45, 7) is 12.3. The highest BCUT2D eigenvalue weighted by Crippen LogP contribution is 2.35. The maximum Gasteiger partial charge on any atom is 0.121 e. The van der Waals surface area contributed by atoms with Crippen LogP contribution in [0.1, 0.15) is 65.5 Å². The molecule has 0 saturated heterocycles. The van der Waals surface area contributed by atoms with Gasteiger partial charge >= 0.3 is 0 Å². The molecule has 0 saturated carbocycles. The molecule has 0 aromatic heterocycles. The van der Waals surface area contributed by atoms with Gasteiger partial charge in [-0.3, -0.25) is 0 Å². The minimum absolute atomic E-state index is 0.402. The Balaban J connectivity index is 2.21. The van der Waals surface area contributed by atoms with Crippen molar-refractivity contribution in [1.82, 2.24) is 0 Å². The Morgan fingerprint density at radius 2 is 0.913 bits per heavy atom. The molecule has 0 spiro atoms. The standard InChI is InChI=1S/C21H28O2/c1-12(18-8-14(3)20(22)15(4)9-18)7-13(2)19-10-16(5)21(23)17(6)11-19/h8-13,22-23H,7H2,1-6H3. The van der Waals surface area contributed by atoms with Crippen LogP contribution in [-0.2, 0) is 0 Å². The fourth-order valence-corrected chi connectivity index (χ4v) is 3.35. The summed E-state index contributed by atoms with van der Waals surface area (Å²) in [4.78, 5) is 0. The molecule has 2 nitrogen and oxygen atoms in total. The molecular weight excluding hydrogens is 284 g/mol. The number of hydrogen-bond acceptors (Lipinski definition) is 2. The first-order chi connectivity index (χ1) is 10.7. The van der Waals surface area contributed by atoms with E-state index in [1.807, 2.05) is 27.7 Å². The number of aromatic hydroxyl groups is 2. The van der Waals surface area contributed by atoms with Crippen LogP contribution in [0.2, 0.25) is 0 Å². The van der Waals surface area contributed by atoms with Gasteiger partial charge in [0.05, 0.1) is 0 Å². The average molecular weight is 312 g/mol. The third-order valence-corrected chi connectivity index (χ3v) is 4.87. The lowest BCUT2D eigenvalue weighted by molar-refractivity contribution is 0.465. The SMILES string of the molecule is Cc1cc(C(C)CC(C)c2cc(C)c(O)c(C)c2)cc(C)c1O. The lowest BCUT2D eigenvalue weighted by atomic mass is 9.85. The van der Waals surface area contributed by atoms with Gasteiger partial charge in [-0.2, -0.15) is 0 Å². The van der Waals surface area contributed by atoms with E-state index in [9.17, 15) is 10.2 Å². The Morgan fingerprint density at radius 1 is 0.652 bits per heavy atom. The third kappa shape index (κ3) is 3.69. The summed E-state index contributed by atoms with van der Waals surface area (Å²) in [6.07, 6.45) is 1.04. The Hall–Kier alpha value is -1.96. The van der Waals surface area contributed by atoms with Crippen molar-refractivity contribution in [2.45, 2.75) is 59.8 Å². The normalized spacial score (nSPS) is 13.8. The van der Waals surface area contributed by atoms with E-state index in [4.69, 9.17) is 0 Å². The molecule has 0 bridgehead atoms. The Bertz CT molecular complexity index is 608. The van der Waals surface area contributed by atoms with Crippen LogP contribution in [-0.4, -0.2) is 10.2 Å². The summed E-state index contributed by atoms with van der Waals surface area (Å²) in [6, 6.07) is 8.36. The second-order valence-corrected chi connectivity index (χ2v) is 7.04. The largest absolute Gasteiger partial charge is 0.507 e. The van der Waals surface area contributed by atoms with E-state index >= 15 is 0 Å². The van der Waals surface area contributed by atoms with Gasteiger partial charge in [-0.15, -0.1) is 0 Å². The molecule has 2 unspecified atom stereocenters. The van der Waals surface area contributed by atoms with Crippen LogP contribution in [0.25, 0.3) is 0 Å². The van der Waals surface area contributed by atoms with Crippen molar-refractivity contribution >= 4 is 0 Å². The maximum absolute atomic E-state index is 9.94. The van der Waals surface area contributed by atoms with Gasteiger partial charge in [-0.1, -0.05) is 38.1 Å². The van der Waals surface area contributed by atoms with Gasteiger partial charge in [-0.05, 0) is 79.3 Å². The van der Waals surface area contributed by atoms with E-state index in [0.717, 1.165) is 28.7 Å². The first kappa shape index (κ1) is 17.4. The number of rotatable bonds is 4. The molecule has 2 atom stereocenters. The van der Waals surface area contributed by atoms with Gasteiger partial charge < -0.3 is 10.2 Å². The van der Waals surface area contributed by atoms with Crippen molar-refractivity contribution in [3.8, 4) is 11.5 Å². The Morgan fingerprint density at radius 3 is 1.17 bits per heavy atom. The maximum atomic E-state index is 9.94. The Kier molecular flexibility index (Phi) is 5.03. The first-order valence-electron chi connectivity index (χ1n) is 8.31. The van der Waals surface area contributed by atoms with Crippen LogP contribution < -0.4 is 0 Å². The first-order valence-corrected chi connectivity index (χ1v) is 8.31. The fourth-order valence-electron chi connectivity index (χ4n) is 3.35. The van der Waals surface area contributed by atoms with Crippen LogP contribution in [0.5, 0.6) is 11.5 Å². The van der Waals surface area contributed by atoms with Crippen LogP contribution in [0, 0.1) is 27.7 Å². The van der Waals surface area contributed by atoms with Gasteiger partial charge in [0.1, 0.15) is 11.5 Å². The topological polar surface area (TPSA) is 40.5 Å². The Labute approximate surface area is 139 Å². The molecule has 0 fully saturated rings. The summed E-state index contributed by atoms with van der Waals surface area (Å²) in [5.74, 6) is 1.63. The molecule has 0 aliphatic heterocycles. The minimum Gasteiger partial charge on any atom is -0.507 e. The highest BCUT2D eigenvalue weighted by atomic mass is 16.3. The number of benzene rings is 2. The molecule has 2 aromatic carbocycles. The van der Waals surface area contributed by atoms with E-state index in [1.165, 1.54) is 11.1 Å². The van der Waals surface area contributed by atoms with Crippen molar-refractivity contribution < 1.29 is 10.2 Å². The quantitative estimate of drug-likeness (QED) is 0.768. The molecule has 0 amide bonds. The molecule has 2 heteroatoms. The van der Waals surface area contributed by atoms with E-state index < -0.39 is 0 Å². The smallest absolute Gasteiger partial charge is 0.121 e. The van der Waals surface area contributed by atoms with Gasteiger partial charge in [0.15, 0.2) is 0 Å². The number of aryl methyl sites for hydroxylation is 4. The van der Waals surface area contributed by atoms with Crippen LogP contribution in [0.3, 0.4) is 0 Å². The molecule has 2 N–H and O–H groups in total. The van der Waals surface area contributed by atoms with E-state index in [2.05, 4.69) is 38.1 Å². The fraction of sp³-hybridized carbons (Fsp3) is 0.429. The molecule has 2 aromatic rings. The summed E-state index contributed by atoms with van der Waals surface area (Å²) in [5.41, 5.74) is 6.31.